The van der Waals surface area contributed by atoms with Crippen molar-refractivity contribution in [2.24, 2.45) is 5.92 Å². The van der Waals surface area contributed by atoms with E-state index in [-0.39, 0.29) is 0 Å². The maximum Gasteiger partial charge on any atom is 0.150 e. The van der Waals surface area contributed by atoms with Gasteiger partial charge in [0.15, 0.2) is 5.76 Å². The fourth-order valence-corrected chi connectivity index (χ4v) is 3.36. The Morgan fingerprint density at radius 1 is 1.53 bits per heavy atom. The van der Waals surface area contributed by atoms with Crippen LogP contribution in [0.2, 0.25) is 0 Å². The number of nitrogens with zero attached hydrogens (tertiary/aromatic N) is 2. The van der Waals surface area contributed by atoms with Crippen LogP contribution in [0.5, 0.6) is 0 Å². The van der Waals surface area contributed by atoms with Crippen molar-refractivity contribution in [2.45, 2.75) is 58.2 Å². The molecule has 0 amide bonds. The first-order valence-electron chi connectivity index (χ1n) is 7.52. The molecule has 0 aromatic carbocycles. The van der Waals surface area contributed by atoms with Gasteiger partial charge >= 0.3 is 0 Å². The van der Waals surface area contributed by atoms with Crippen LogP contribution in [-0.2, 0) is 6.54 Å². The monoisotopic (exact) mass is 263 g/mol. The third-order valence-electron chi connectivity index (χ3n) is 4.77. The number of aromatic nitrogens is 1. The Bertz CT molecular complexity index is 440. The minimum atomic E-state index is 0.292. The number of aryl methyl sites for hydroxylation is 1. The van der Waals surface area contributed by atoms with Gasteiger partial charge < -0.3 is 9.84 Å². The average molecular weight is 263 g/mol. The molecule has 2 fully saturated rings. The zero-order chi connectivity index (χ0) is 13.5. The van der Waals surface area contributed by atoms with Gasteiger partial charge in [0.1, 0.15) is 0 Å². The van der Waals surface area contributed by atoms with Gasteiger partial charge in [0, 0.05) is 30.7 Å². The molecule has 2 unspecified atom stereocenters. The van der Waals surface area contributed by atoms with E-state index in [2.05, 4.69) is 35.3 Å². The topological polar surface area (TPSA) is 41.3 Å². The second kappa shape index (κ2) is 4.91. The first-order chi connectivity index (χ1) is 9.10. The zero-order valence-corrected chi connectivity index (χ0v) is 12.3. The molecule has 0 spiro atoms. The third kappa shape index (κ3) is 2.70. The second-order valence-corrected chi connectivity index (χ2v) is 6.47. The Morgan fingerprint density at radius 3 is 2.89 bits per heavy atom. The van der Waals surface area contributed by atoms with E-state index in [1.807, 2.05) is 6.92 Å². The van der Waals surface area contributed by atoms with Gasteiger partial charge in [0.25, 0.3) is 0 Å². The van der Waals surface area contributed by atoms with Gasteiger partial charge in [-0.25, -0.2) is 0 Å². The predicted molar refractivity (Wildman–Crippen MR) is 74.9 cm³/mol. The summed E-state index contributed by atoms with van der Waals surface area (Å²) in [5.74, 6) is 1.86. The number of hydrogen-bond acceptors (Lipinski definition) is 4. The average Bonchev–Trinajstić information content (AvgIpc) is 3.16. The molecule has 1 N–H and O–H groups in total. The lowest BCUT2D eigenvalue weighted by atomic mass is 9.90. The Morgan fingerprint density at radius 2 is 2.32 bits per heavy atom. The van der Waals surface area contributed by atoms with Crippen molar-refractivity contribution in [1.29, 1.82) is 0 Å². The molecule has 2 aliphatic rings. The van der Waals surface area contributed by atoms with E-state index in [0.29, 0.717) is 11.6 Å². The molecule has 4 nitrogen and oxygen atoms in total. The molecular formula is C15H25N3O. The zero-order valence-electron chi connectivity index (χ0n) is 12.3. The maximum atomic E-state index is 5.39. The molecule has 2 atom stereocenters. The summed E-state index contributed by atoms with van der Waals surface area (Å²) in [5.41, 5.74) is 1.27. The quantitative estimate of drug-likeness (QED) is 0.905. The van der Waals surface area contributed by atoms with E-state index < -0.39 is 0 Å². The number of nitrogens with one attached hydrogen (secondary N) is 1. The number of rotatable bonds is 4. The van der Waals surface area contributed by atoms with Crippen molar-refractivity contribution in [3.63, 3.8) is 0 Å². The second-order valence-electron chi connectivity index (χ2n) is 6.47. The van der Waals surface area contributed by atoms with Crippen molar-refractivity contribution < 1.29 is 4.52 Å². The molecule has 1 aliphatic carbocycles. The summed E-state index contributed by atoms with van der Waals surface area (Å²) in [6, 6.07) is 2.67. The van der Waals surface area contributed by atoms with Crippen LogP contribution >= 0.6 is 0 Å². The molecule has 1 aromatic heterocycles. The lowest BCUT2D eigenvalue weighted by Crippen LogP contribution is -2.63. The van der Waals surface area contributed by atoms with E-state index in [4.69, 9.17) is 4.52 Å². The van der Waals surface area contributed by atoms with Gasteiger partial charge in [-0.2, -0.15) is 0 Å². The van der Waals surface area contributed by atoms with E-state index in [1.165, 1.54) is 19.3 Å². The van der Waals surface area contributed by atoms with Gasteiger partial charge in [0.05, 0.1) is 12.2 Å². The van der Waals surface area contributed by atoms with E-state index >= 15 is 0 Å². The largest absolute Gasteiger partial charge is 0.360 e. The molecule has 0 bridgehead atoms. The third-order valence-corrected chi connectivity index (χ3v) is 4.77. The van der Waals surface area contributed by atoms with Crippen molar-refractivity contribution in [3.05, 3.63) is 17.5 Å². The van der Waals surface area contributed by atoms with Crippen molar-refractivity contribution in [1.82, 2.24) is 15.4 Å². The van der Waals surface area contributed by atoms with Gasteiger partial charge in [-0.1, -0.05) is 12.1 Å². The van der Waals surface area contributed by atoms with Gasteiger partial charge in [0.2, 0.25) is 0 Å². The molecule has 1 aromatic rings. The molecule has 4 heteroatoms. The van der Waals surface area contributed by atoms with Gasteiger partial charge in [-0.3, -0.25) is 4.90 Å². The molecule has 1 saturated carbocycles. The summed E-state index contributed by atoms with van der Waals surface area (Å²) < 4.78 is 5.39. The summed E-state index contributed by atoms with van der Waals surface area (Å²) >= 11 is 0. The first-order valence-corrected chi connectivity index (χ1v) is 7.52. The normalized spacial score (nSPS) is 32.7. The van der Waals surface area contributed by atoms with Gasteiger partial charge in [-0.05, 0) is 39.0 Å². The minimum absolute atomic E-state index is 0.292. The van der Waals surface area contributed by atoms with E-state index in [9.17, 15) is 0 Å². The highest BCUT2D eigenvalue weighted by Gasteiger charge is 2.45. The van der Waals surface area contributed by atoms with Crippen molar-refractivity contribution in [2.75, 3.05) is 13.1 Å². The van der Waals surface area contributed by atoms with Crippen LogP contribution in [0.15, 0.2) is 10.6 Å². The fourth-order valence-electron chi connectivity index (χ4n) is 3.36. The molecule has 1 saturated heterocycles. The summed E-state index contributed by atoms with van der Waals surface area (Å²) in [7, 11) is 0. The summed E-state index contributed by atoms with van der Waals surface area (Å²) in [6.07, 6.45) is 3.95. The van der Waals surface area contributed by atoms with Crippen LogP contribution in [0.4, 0.5) is 0 Å². The predicted octanol–water partition coefficient (Wildman–Crippen LogP) is 2.34. The minimum Gasteiger partial charge on any atom is -0.360 e. The molecular weight excluding hydrogens is 238 g/mol. The SMILES string of the molecule is CCC1CNC(C)(C2CC2)CN1Cc1cc(C)no1. The van der Waals surface area contributed by atoms with Crippen molar-refractivity contribution >= 4 is 0 Å². The first kappa shape index (κ1) is 13.1. The highest BCUT2D eigenvalue weighted by Crippen LogP contribution is 2.41. The summed E-state index contributed by atoms with van der Waals surface area (Å²) in [4.78, 5) is 2.58. The Hall–Kier alpha value is -0.870. The standard InChI is InChI=1S/C15H25N3O/c1-4-13-8-16-15(3,12-5-6-12)10-18(13)9-14-7-11(2)17-19-14/h7,12-13,16H,4-6,8-10H2,1-3H3. The molecule has 0 radical (unpaired) electrons. The van der Waals surface area contributed by atoms with Crippen LogP contribution in [0.1, 0.15) is 44.6 Å². The highest BCUT2D eigenvalue weighted by molar-refractivity contribution is 5.07. The Balaban J connectivity index is 1.71. The maximum absolute atomic E-state index is 5.39. The molecule has 2 heterocycles. The van der Waals surface area contributed by atoms with E-state index in [0.717, 1.165) is 37.0 Å². The summed E-state index contributed by atoms with van der Waals surface area (Å²) in [5, 5.41) is 7.79. The molecule has 3 rings (SSSR count). The molecule has 19 heavy (non-hydrogen) atoms. The van der Waals surface area contributed by atoms with E-state index in [1.54, 1.807) is 0 Å². The smallest absolute Gasteiger partial charge is 0.150 e. The van der Waals surface area contributed by atoms with Crippen LogP contribution in [0.25, 0.3) is 0 Å². The summed E-state index contributed by atoms with van der Waals surface area (Å²) in [6.45, 7) is 9.74. The van der Waals surface area contributed by atoms with Crippen molar-refractivity contribution in [3.8, 4) is 0 Å². The van der Waals surface area contributed by atoms with Crippen LogP contribution in [0.3, 0.4) is 0 Å². The molecule has 106 valence electrons. The van der Waals surface area contributed by atoms with Gasteiger partial charge in [-0.15, -0.1) is 0 Å². The fraction of sp³-hybridized carbons (Fsp3) is 0.800. The molecule has 1 aliphatic heterocycles. The number of hydrogen-bond donors (Lipinski definition) is 1. The van der Waals surface area contributed by atoms with Crippen LogP contribution < -0.4 is 5.32 Å². The lowest BCUT2D eigenvalue weighted by molar-refractivity contribution is 0.0594. The van der Waals surface area contributed by atoms with Crippen LogP contribution in [-0.4, -0.2) is 34.7 Å². The lowest BCUT2D eigenvalue weighted by Gasteiger charge is -2.46. The Kier molecular flexibility index (Phi) is 3.39. The van der Waals surface area contributed by atoms with Crippen LogP contribution in [0, 0.1) is 12.8 Å². The Labute approximate surface area is 115 Å². The highest BCUT2D eigenvalue weighted by atomic mass is 16.5. The number of piperazine rings is 1.